The summed E-state index contributed by atoms with van der Waals surface area (Å²) in [4.78, 5) is 71.6. The Morgan fingerprint density at radius 2 is 0.851 bits per heavy atom. The average molecular weight is 671 g/mol. The second-order valence-electron chi connectivity index (χ2n) is 14.1. The largest absolute Gasteiger partial charge is 0.382 e. The molecule has 0 bridgehead atoms. The van der Waals surface area contributed by atoms with Gasteiger partial charge in [0.25, 0.3) is 5.79 Å². The monoisotopic (exact) mass is 670 g/mol. The third-order valence-corrected chi connectivity index (χ3v) is 10.2. The van der Waals surface area contributed by atoms with Crippen LogP contribution in [0.4, 0.5) is 0 Å². The van der Waals surface area contributed by atoms with E-state index in [1.807, 2.05) is 0 Å². The highest BCUT2D eigenvalue weighted by Crippen LogP contribution is 2.55. The number of ketones is 5. The van der Waals surface area contributed by atoms with Gasteiger partial charge >= 0.3 is 0 Å². The number of carbonyl (C=O) groups is 5. The normalized spacial score (nSPS) is 31.7. The first-order valence-corrected chi connectivity index (χ1v) is 17.7. The van der Waals surface area contributed by atoms with E-state index in [1.54, 1.807) is 34.6 Å². The Balaban J connectivity index is 4.62. The van der Waals surface area contributed by atoms with E-state index in [0.29, 0.717) is 32.1 Å². The van der Waals surface area contributed by atoms with Crippen LogP contribution < -0.4 is 0 Å². The first-order chi connectivity index (χ1) is 21.7. The summed E-state index contributed by atoms with van der Waals surface area (Å²) >= 11 is 0. The molecule has 0 aliphatic carbocycles. The van der Waals surface area contributed by atoms with E-state index in [0.717, 1.165) is 0 Å². The summed E-state index contributed by atoms with van der Waals surface area (Å²) in [5, 5.41) is 62.7. The molecule has 0 spiro atoms. The van der Waals surface area contributed by atoms with Crippen molar-refractivity contribution in [3.05, 3.63) is 0 Å². The van der Waals surface area contributed by atoms with Crippen LogP contribution in [0.25, 0.3) is 0 Å². The van der Waals surface area contributed by atoms with Crippen molar-refractivity contribution in [2.45, 2.75) is 168 Å². The molecular weight excluding hydrogens is 608 g/mol. The summed E-state index contributed by atoms with van der Waals surface area (Å²) in [5.41, 5.74) is -11.5. The zero-order valence-corrected chi connectivity index (χ0v) is 30.3. The lowest BCUT2D eigenvalue weighted by molar-refractivity contribution is -0.398. The summed E-state index contributed by atoms with van der Waals surface area (Å²) in [6.45, 7) is 15.7. The van der Waals surface area contributed by atoms with Gasteiger partial charge in [0, 0.05) is 29.6 Å². The van der Waals surface area contributed by atoms with Crippen molar-refractivity contribution in [3.63, 3.8) is 0 Å². The quantitative estimate of drug-likeness (QED) is 0.120. The Morgan fingerprint density at radius 3 is 1.23 bits per heavy atom. The van der Waals surface area contributed by atoms with E-state index >= 15 is 0 Å². The SMILES string of the molecule is CCCC(C)C(=O)C(O)[C@H]1OC(O)(C(=O)C(C)CCC)[C@@](O)(C(=O)C(C)CCC)[C@](O)(C(=O)C(C)CCC)[C@@]1(O)C(=O)C(C)CCC. The standard InChI is InChI=1S/C36H62O11/c1-11-16-21(6)26(37)27(38)32-33(43,28(39)22(7)17-12-2)34(44,29(40)23(8)18-13-3)35(45,30(41)24(9)19-14-4)36(46,47-32)31(42)25(10)20-15-5/h21-25,27,32,38,43-46H,11-20H2,1-10H3/t21?,22?,23?,24?,25?,27?,32-,33-,34+,35-,36?/m1/s1. The number of hydrogen-bond acceptors (Lipinski definition) is 11. The maximum absolute atomic E-state index is 14.7. The molecule has 0 aromatic rings. The van der Waals surface area contributed by atoms with Crippen molar-refractivity contribution < 1.29 is 54.2 Å². The number of rotatable bonds is 21. The van der Waals surface area contributed by atoms with Gasteiger partial charge in [-0.05, 0) is 32.1 Å². The predicted molar refractivity (Wildman–Crippen MR) is 176 cm³/mol. The summed E-state index contributed by atoms with van der Waals surface area (Å²) in [7, 11) is 0. The number of hydrogen-bond donors (Lipinski definition) is 5. The fourth-order valence-corrected chi connectivity index (χ4v) is 7.34. The summed E-state index contributed by atoms with van der Waals surface area (Å²) in [5.74, 6) is -15.7. The van der Waals surface area contributed by atoms with Gasteiger partial charge in [-0.15, -0.1) is 0 Å². The Labute approximate surface area is 280 Å². The van der Waals surface area contributed by atoms with Crippen molar-refractivity contribution in [3.8, 4) is 0 Å². The van der Waals surface area contributed by atoms with Gasteiger partial charge in [0.2, 0.25) is 11.2 Å². The molecule has 5 N–H and O–H groups in total. The molecule has 0 aromatic carbocycles. The number of ether oxygens (including phenoxy) is 1. The van der Waals surface area contributed by atoms with Crippen molar-refractivity contribution >= 4 is 28.9 Å². The van der Waals surface area contributed by atoms with Gasteiger partial charge < -0.3 is 30.3 Å². The Bertz CT molecular complexity index is 1120. The number of aliphatic hydroxyl groups is 5. The molecule has 1 rings (SSSR count). The minimum Gasteiger partial charge on any atom is -0.382 e. The van der Waals surface area contributed by atoms with Crippen LogP contribution in [0.3, 0.4) is 0 Å². The van der Waals surface area contributed by atoms with Crippen LogP contribution in [0.1, 0.15) is 133 Å². The van der Waals surface area contributed by atoms with Crippen LogP contribution in [0, 0.1) is 29.6 Å². The summed E-state index contributed by atoms with van der Waals surface area (Å²) in [6.07, 6.45) is -2.39. The third kappa shape index (κ3) is 7.36. The number of carbonyl (C=O) groups excluding carboxylic acids is 5. The highest BCUT2D eigenvalue weighted by molar-refractivity contribution is 6.12. The average Bonchev–Trinajstić information content (AvgIpc) is 3.03. The van der Waals surface area contributed by atoms with E-state index in [2.05, 4.69) is 0 Å². The molecule has 272 valence electrons. The second kappa shape index (κ2) is 17.2. The van der Waals surface area contributed by atoms with Crippen molar-refractivity contribution in [2.75, 3.05) is 0 Å². The lowest BCUT2D eigenvalue weighted by Gasteiger charge is -2.62. The molecule has 11 atom stereocenters. The molecule has 0 saturated carbocycles. The zero-order valence-electron chi connectivity index (χ0n) is 30.3. The van der Waals surface area contributed by atoms with Gasteiger partial charge in [0.15, 0.2) is 34.5 Å². The first kappa shape index (κ1) is 43.1. The van der Waals surface area contributed by atoms with Gasteiger partial charge in [0.1, 0.15) is 12.2 Å². The van der Waals surface area contributed by atoms with Crippen LogP contribution in [-0.2, 0) is 28.7 Å². The maximum atomic E-state index is 14.7. The predicted octanol–water partition coefficient (Wildman–Crippen LogP) is 3.65. The zero-order chi connectivity index (χ0) is 36.7. The first-order valence-electron chi connectivity index (χ1n) is 17.7. The molecule has 11 nitrogen and oxygen atoms in total. The Hall–Kier alpha value is -1.89. The minimum absolute atomic E-state index is 0.0594. The van der Waals surface area contributed by atoms with Gasteiger partial charge in [-0.3, -0.25) is 24.0 Å². The Kier molecular flexibility index (Phi) is 15.8. The van der Waals surface area contributed by atoms with E-state index < -0.39 is 93.3 Å². The number of aliphatic hydroxyl groups excluding tert-OH is 1. The number of Topliss-reactive ketones (excluding diaryl/α,β-unsaturated/α-hetero) is 5. The van der Waals surface area contributed by atoms with Crippen molar-refractivity contribution in [2.24, 2.45) is 29.6 Å². The molecule has 1 saturated heterocycles. The van der Waals surface area contributed by atoms with Crippen LogP contribution in [0.2, 0.25) is 0 Å². The molecule has 1 aliphatic heterocycles. The van der Waals surface area contributed by atoms with Gasteiger partial charge in [-0.25, -0.2) is 0 Å². The van der Waals surface area contributed by atoms with Crippen LogP contribution in [0.15, 0.2) is 0 Å². The van der Waals surface area contributed by atoms with Gasteiger partial charge in [-0.1, -0.05) is 101 Å². The lowest BCUT2D eigenvalue weighted by Crippen LogP contribution is -2.93. The molecule has 47 heavy (non-hydrogen) atoms. The molecule has 0 radical (unpaired) electrons. The molecular formula is C36H62O11. The molecule has 0 aromatic heterocycles. The fraction of sp³-hybridized carbons (Fsp3) is 0.861. The molecule has 1 aliphatic rings. The van der Waals surface area contributed by atoms with E-state index in [9.17, 15) is 49.5 Å². The van der Waals surface area contributed by atoms with Gasteiger partial charge in [0.05, 0.1) is 0 Å². The topological polar surface area (TPSA) is 196 Å². The smallest absolute Gasteiger partial charge is 0.268 e. The minimum atomic E-state index is -3.94. The summed E-state index contributed by atoms with van der Waals surface area (Å²) < 4.78 is 5.81. The van der Waals surface area contributed by atoms with Crippen LogP contribution in [-0.4, -0.2) is 89.2 Å². The second-order valence-corrected chi connectivity index (χ2v) is 14.1. The van der Waals surface area contributed by atoms with E-state index in [-0.39, 0.29) is 32.1 Å². The summed E-state index contributed by atoms with van der Waals surface area (Å²) in [6, 6.07) is 0. The highest BCUT2D eigenvalue weighted by atomic mass is 16.7. The maximum Gasteiger partial charge on any atom is 0.268 e. The Morgan fingerprint density at radius 1 is 0.532 bits per heavy atom. The molecule has 1 heterocycles. The van der Waals surface area contributed by atoms with Crippen LogP contribution >= 0.6 is 0 Å². The highest BCUT2D eigenvalue weighted by Gasteiger charge is 2.87. The van der Waals surface area contributed by atoms with Crippen molar-refractivity contribution in [1.29, 1.82) is 0 Å². The third-order valence-electron chi connectivity index (χ3n) is 10.2. The molecule has 7 unspecified atom stereocenters. The van der Waals surface area contributed by atoms with E-state index in [1.165, 1.54) is 34.6 Å². The molecule has 11 heteroatoms. The fourth-order valence-electron chi connectivity index (χ4n) is 7.34. The van der Waals surface area contributed by atoms with Gasteiger partial charge in [-0.2, -0.15) is 0 Å². The lowest BCUT2D eigenvalue weighted by atomic mass is 9.52. The van der Waals surface area contributed by atoms with Crippen LogP contribution in [0.5, 0.6) is 0 Å². The molecule has 0 amide bonds. The van der Waals surface area contributed by atoms with Crippen molar-refractivity contribution in [1.82, 2.24) is 0 Å². The molecule has 1 fully saturated rings. The van der Waals surface area contributed by atoms with E-state index in [4.69, 9.17) is 4.74 Å².